The zero-order valence-corrected chi connectivity index (χ0v) is 14.4. The molecule has 0 saturated carbocycles. The van der Waals surface area contributed by atoms with Gasteiger partial charge >= 0.3 is 0 Å². The number of nitrogens with one attached hydrogen (secondary N) is 1. The molecule has 0 bridgehead atoms. The van der Waals surface area contributed by atoms with E-state index in [-0.39, 0.29) is 5.91 Å². The molecular weight excluding hydrogens is 328 g/mol. The first-order chi connectivity index (χ1) is 12.7. The largest absolute Gasteiger partial charge is 0.378 e. The number of rotatable bonds is 3. The van der Waals surface area contributed by atoms with Crippen molar-refractivity contribution >= 4 is 11.8 Å². The van der Waals surface area contributed by atoms with Gasteiger partial charge in [0.15, 0.2) is 0 Å². The Balaban J connectivity index is 1.76. The predicted molar refractivity (Wildman–Crippen MR) is 98.0 cm³/mol. The first-order valence-electron chi connectivity index (χ1n) is 8.53. The van der Waals surface area contributed by atoms with E-state index < -0.39 is 11.9 Å². The van der Waals surface area contributed by atoms with Crippen molar-refractivity contribution in [1.82, 2.24) is 10.2 Å². The molecule has 2 amide bonds. The van der Waals surface area contributed by atoms with Crippen LogP contribution in [-0.4, -0.2) is 43.0 Å². The summed E-state index contributed by atoms with van der Waals surface area (Å²) in [6.45, 7) is 2.06. The fourth-order valence-electron chi connectivity index (χ4n) is 2.72. The first-order valence-corrected chi connectivity index (χ1v) is 8.53. The van der Waals surface area contributed by atoms with Crippen LogP contribution in [0.3, 0.4) is 0 Å². The monoisotopic (exact) mass is 348 g/mol. The number of hydrogen-bond donors (Lipinski definition) is 1. The summed E-state index contributed by atoms with van der Waals surface area (Å²) in [6.07, 6.45) is 0. The summed E-state index contributed by atoms with van der Waals surface area (Å²) in [5.41, 5.74) is 1.48. The molecule has 3 rings (SSSR count). The van der Waals surface area contributed by atoms with Gasteiger partial charge in [0, 0.05) is 24.6 Å². The van der Waals surface area contributed by atoms with Gasteiger partial charge in [-0.1, -0.05) is 54.5 Å². The van der Waals surface area contributed by atoms with Gasteiger partial charge in [-0.25, -0.2) is 0 Å². The van der Waals surface area contributed by atoms with Crippen LogP contribution in [0.5, 0.6) is 0 Å². The van der Waals surface area contributed by atoms with Crippen molar-refractivity contribution < 1.29 is 14.3 Å². The van der Waals surface area contributed by atoms with Crippen molar-refractivity contribution in [2.24, 2.45) is 0 Å². The Bertz CT molecular complexity index is 803. The standard InChI is InChI=1S/C21H20N2O3/c24-19(12-11-17-7-3-1-4-8-17)22-20(18-9-5-2-6-10-18)21(25)23-13-15-26-16-14-23/h1-10,20H,13-16H2,(H,22,24). The smallest absolute Gasteiger partial charge is 0.297 e. The minimum absolute atomic E-state index is 0.144. The number of carbonyl (C=O) groups is 2. The van der Waals surface area contributed by atoms with Gasteiger partial charge in [-0.2, -0.15) is 0 Å². The summed E-state index contributed by atoms with van der Waals surface area (Å²) < 4.78 is 5.30. The highest BCUT2D eigenvalue weighted by Crippen LogP contribution is 2.16. The molecule has 1 aliphatic rings. The van der Waals surface area contributed by atoms with E-state index in [0.29, 0.717) is 26.3 Å². The van der Waals surface area contributed by atoms with E-state index in [2.05, 4.69) is 17.2 Å². The number of benzene rings is 2. The molecule has 2 aromatic rings. The molecule has 1 fully saturated rings. The number of nitrogens with zero attached hydrogens (tertiary/aromatic N) is 1. The third-order valence-corrected chi connectivity index (χ3v) is 4.07. The second kappa shape index (κ2) is 8.84. The van der Waals surface area contributed by atoms with Crippen LogP contribution in [0.15, 0.2) is 60.7 Å². The third kappa shape index (κ3) is 4.71. The van der Waals surface area contributed by atoms with Crippen LogP contribution in [0.2, 0.25) is 0 Å². The van der Waals surface area contributed by atoms with Gasteiger partial charge in [-0.3, -0.25) is 9.59 Å². The summed E-state index contributed by atoms with van der Waals surface area (Å²) in [5.74, 6) is 4.75. The molecule has 2 aromatic carbocycles. The highest BCUT2D eigenvalue weighted by atomic mass is 16.5. The Labute approximate surface area is 153 Å². The molecule has 1 atom stereocenters. The van der Waals surface area contributed by atoms with Crippen molar-refractivity contribution in [3.63, 3.8) is 0 Å². The fraction of sp³-hybridized carbons (Fsp3) is 0.238. The normalized spacial score (nSPS) is 14.7. The second-order valence-corrected chi connectivity index (χ2v) is 5.87. The molecule has 1 heterocycles. The molecule has 1 saturated heterocycles. The average Bonchev–Trinajstić information content (AvgIpc) is 2.72. The quantitative estimate of drug-likeness (QED) is 0.860. The van der Waals surface area contributed by atoms with E-state index in [1.54, 1.807) is 4.90 Å². The minimum Gasteiger partial charge on any atom is -0.378 e. The van der Waals surface area contributed by atoms with Gasteiger partial charge in [0.05, 0.1) is 13.2 Å². The molecule has 5 heteroatoms. The lowest BCUT2D eigenvalue weighted by Crippen LogP contribution is -2.47. The van der Waals surface area contributed by atoms with E-state index in [1.807, 2.05) is 60.7 Å². The zero-order chi connectivity index (χ0) is 18.2. The predicted octanol–water partition coefficient (Wildman–Crippen LogP) is 1.75. The number of hydrogen-bond acceptors (Lipinski definition) is 3. The Hall–Kier alpha value is -3.10. The third-order valence-electron chi connectivity index (χ3n) is 4.07. The molecule has 1 unspecified atom stereocenters. The Morgan fingerprint density at radius 1 is 0.962 bits per heavy atom. The molecule has 5 nitrogen and oxygen atoms in total. The second-order valence-electron chi connectivity index (χ2n) is 5.87. The first kappa shape index (κ1) is 17.7. The Kier molecular flexibility index (Phi) is 6.02. The van der Waals surface area contributed by atoms with Crippen LogP contribution < -0.4 is 5.32 Å². The molecule has 26 heavy (non-hydrogen) atoms. The number of carbonyl (C=O) groups excluding carboxylic acids is 2. The summed E-state index contributed by atoms with van der Waals surface area (Å²) in [6, 6.07) is 17.7. The van der Waals surface area contributed by atoms with E-state index in [0.717, 1.165) is 11.1 Å². The minimum atomic E-state index is -0.758. The van der Waals surface area contributed by atoms with Crippen LogP contribution in [0.25, 0.3) is 0 Å². The Morgan fingerprint density at radius 3 is 2.23 bits per heavy atom. The van der Waals surface area contributed by atoms with Crippen molar-refractivity contribution in [2.45, 2.75) is 6.04 Å². The van der Waals surface area contributed by atoms with Crippen LogP contribution in [0.4, 0.5) is 0 Å². The van der Waals surface area contributed by atoms with Crippen molar-refractivity contribution in [1.29, 1.82) is 0 Å². The van der Waals surface area contributed by atoms with Crippen molar-refractivity contribution in [2.75, 3.05) is 26.3 Å². The number of ether oxygens (including phenoxy) is 1. The van der Waals surface area contributed by atoms with Gasteiger partial charge in [0.25, 0.3) is 5.91 Å². The van der Waals surface area contributed by atoms with Crippen molar-refractivity contribution in [3.8, 4) is 11.8 Å². The molecule has 1 N–H and O–H groups in total. The molecule has 0 radical (unpaired) electrons. The lowest BCUT2D eigenvalue weighted by atomic mass is 10.1. The van der Waals surface area contributed by atoms with Crippen LogP contribution >= 0.6 is 0 Å². The van der Waals surface area contributed by atoms with Gasteiger partial charge in [0.2, 0.25) is 5.91 Å². The van der Waals surface area contributed by atoms with Gasteiger partial charge in [-0.05, 0) is 17.7 Å². The molecular formula is C21H20N2O3. The molecule has 1 aliphatic heterocycles. The number of morpholine rings is 1. The van der Waals surface area contributed by atoms with E-state index in [4.69, 9.17) is 4.74 Å². The van der Waals surface area contributed by atoms with Crippen LogP contribution in [0, 0.1) is 11.8 Å². The van der Waals surface area contributed by atoms with Crippen LogP contribution in [0.1, 0.15) is 17.2 Å². The molecule has 0 aliphatic carbocycles. The van der Waals surface area contributed by atoms with E-state index in [9.17, 15) is 9.59 Å². The lowest BCUT2D eigenvalue weighted by molar-refractivity contribution is -0.139. The molecule has 132 valence electrons. The maximum absolute atomic E-state index is 12.9. The molecule has 0 aromatic heterocycles. The maximum Gasteiger partial charge on any atom is 0.297 e. The zero-order valence-electron chi connectivity index (χ0n) is 14.4. The van der Waals surface area contributed by atoms with Gasteiger partial charge in [0.1, 0.15) is 6.04 Å². The topological polar surface area (TPSA) is 58.6 Å². The van der Waals surface area contributed by atoms with Gasteiger partial charge in [-0.15, -0.1) is 0 Å². The highest BCUT2D eigenvalue weighted by Gasteiger charge is 2.28. The SMILES string of the molecule is O=C(C#Cc1ccccc1)NC(C(=O)N1CCOCC1)c1ccccc1. The van der Waals surface area contributed by atoms with Gasteiger partial charge < -0.3 is 15.0 Å². The summed E-state index contributed by atoms with van der Waals surface area (Å²) in [5, 5.41) is 2.76. The Morgan fingerprint density at radius 2 is 1.58 bits per heavy atom. The fourth-order valence-corrected chi connectivity index (χ4v) is 2.72. The summed E-state index contributed by atoms with van der Waals surface area (Å²) >= 11 is 0. The van der Waals surface area contributed by atoms with E-state index >= 15 is 0 Å². The number of amides is 2. The summed E-state index contributed by atoms with van der Waals surface area (Å²) in [7, 11) is 0. The maximum atomic E-state index is 12.9. The van der Waals surface area contributed by atoms with Crippen LogP contribution in [-0.2, 0) is 14.3 Å². The molecule has 0 spiro atoms. The average molecular weight is 348 g/mol. The summed E-state index contributed by atoms with van der Waals surface area (Å²) in [4.78, 5) is 26.9. The highest BCUT2D eigenvalue weighted by molar-refractivity contribution is 5.97. The van der Waals surface area contributed by atoms with Crippen molar-refractivity contribution in [3.05, 3.63) is 71.8 Å². The lowest BCUT2D eigenvalue weighted by Gasteiger charge is -2.30. The van der Waals surface area contributed by atoms with E-state index in [1.165, 1.54) is 0 Å².